The Morgan fingerprint density at radius 1 is 1.45 bits per heavy atom. The number of ether oxygens (including phenoxy) is 1. The van der Waals surface area contributed by atoms with Gasteiger partial charge in [0.2, 0.25) is 9.70 Å². The summed E-state index contributed by atoms with van der Waals surface area (Å²) in [6.45, 7) is 2.04. The molecule has 22 heavy (non-hydrogen) atoms. The molecule has 0 unspecified atom stereocenters. The van der Waals surface area contributed by atoms with E-state index >= 15 is 0 Å². The third kappa shape index (κ3) is 4.64. The van der Waals surface area contributed by atoms with Gasteiger partial charge in [0.15, 0.2) is 0 Å². The molecule has 1 aromatic heterocycles. The van der Waals surface area contributed by atoms with Crippen LogP contribution < -0.4 is 5.32 Å². The van der Waals surface area contributed by atoms with Gasteiger partial charge in [-0.25, -0.2) is 4.79 Å². The molecule has 2 amide bonds. The van der Waals surface area contributed by atoms with E-state index in [0.29, 0.717) is 19.5 Å². The van der Waals surface area contributed by atoms with Gasteiger partial charge in [0, 0.05) is 23.9 Å². The van der Waals surface area contributed by atoms with Crippen LogP contribution in [0.1, 0.15) is 17.4 Å². The quantitative estimate of drug-likeness (QED) is 0.682. The summed E-state index contributed by atoms with van der Waals surface area (Å²) >= 11 is 21.7. The molecule has 5 nitrogen and oxygen atoms in total. The molecule has 10 heteroatoms. The van der Waals surface area contributed by atoms with Crippen molar-refractivity contribution in [2.75, 3.05) is 18.5 Å². The molecular weight excluding hydrogens is 438 g/mol. The first-order chi connectivity index (χ1) is 10.2. The zero-order chi connectivity index (χ0) is 16.5. The van der Waals surface area contributed by atoms with Gasteiger partial charge in [-0.05, 0) is 22.4 Å². The normalized spacial score (nSPS) is 14.5. The molecule has 0 fully saturated rings. The van der Waals surface area contributed by atoms with Gasteiger partial charge in [-0.3, -0.25) is 4.79 Å². The third-order valence-electron chi connectivity index (χ3n) is 2.89. The Morgan fingerprint density at radius 2 is 2.14 bits per heavy atom. The highest BCUT2D eigenvalue weighted by atomic mass is 79.9. The predicted molar refractivity (Wildman–Crippen MR) is 92.1 cm³/mol. The van der Waals surface area contributed by atoms with Crippen molar-refractivity contribution >= 4 is 79.1 Å². The Morgan fingerprint density at radius 3 is 2.73 bits per heavy atom. The summed E-state index contributed by atoms with van der Waals surface area (Å²) in [6, 6.07) is 0. The zero-order valence-electron chi connectivity index (χ0n) is 11.4. The second-order valence-electron chi connectivity index (χ2n) is 4.67. The number of nitrogens with zero attached hydrogens (tertiary/aromatic N) is 1. The van der Waals surface area contributed by atoms with Crippen LogP contribution >= 0.6 is 62.1 Å². The maximum Gasteiger partial charge on any atom is 0.410 e. The highest BCUT2D eigenvalue weighted by Gasteiger charge is 2.29. The maximum atomic E-state index is 12.0. The SMILES string of the molecule is CC(=O)Nc1sc2c(c1Br)CN(C(=O)OCC(Cl)(Cl)Cl)CC2. The number of thiophene rings is 1. The smallest absolute Gasteiger partial charge is 0.410 e. The molecule has 2 heterocycles. The summed E-state index contributed by atoms with van der Waals surface area (Å²) in [6.07, 6.45) is 0.150. The van der Waals surface area contributed by atoms with Crippen molar-refractivity contribution in [3.05, 3.63) is 14.9 Å². The standard InChI is InChI=1S/C12H12BrCl3N2O3S/c1-6(19)17-10-9(13)7-4-18(3-2-8(7)22-10)11(20)21-5-12(14,15)16/h2-5H2,1H3,(H,17,19). The van der Waals surface area contributed by atoms with Crippen LogP contribution in [0, 0.1) is 0 Å². The topological polar surface area (TPSA) is 58.6 Å². The number of carbonyl (C=O) groups excluding carboxylic acids is 2. The number of hydrogen-bond acceptors (Lipinski definition) is 4. The summed E-state index contributed by atoms with van der Waals surface area (Å²) in [7, 11) is 0. The molecule has 1 aliphatic rings. The van der Waals surface area contributed by atoms with E-state index in [1.165, 1.54) is 23.2 Å². The van der Waals surface area contributed by atoms with Crippen LogP contribution in [0.2, 0.25) is 0 Å². The number of halogens is 4. The maximum absolute atomic E-state index is 12.0. The minimum Gasteiger partial charge on any atom is -0.445 e. The number of alkyl halides is 3. The molecule has 2 rings (SSSR count). The van der Waals surface area contributed by atoms with Crippen LogP contribution in [-0.2, 0) is 22.5 Å². The molecular formula is C12H12BrCl3N2O3S. The van der Waals surface area contributed by atoms with Crippen LogP contribution in [0.15, 0.2) is 4.47 Å². The monoisotopic (exact) mass is 448 g/mol. The van der Waals surface area contributed by atoms with Crippen molar-refractivity contribution in [2.45, 2.75) is 23.7 Å². The van der Waals surface area contributed by atoms with Crippen molar-refractivity contribution in [1.82, 2.24) is 4.90 Å². The minimum absolute atomic E-state index is 0.141. The molecule has 0 atom stereocenters. The lowest BCUT2D eigenvalue weighted by Gasteiger charge is -2.27. The number of carbonyl (C=O) groups is 2. The molecule has 122 valence electrons. The molecule has 0 radical (unpaired) electrons. The average Bonchev–Trinajstić information content (AvgIpc) is 2.71. The third-order valence-corrected chi connectivity index (χ3v) is 5.56. The number of hydrogen-bond donors (Lipinski definition) is 1. The van der Waals surface area contributed by atoms with E-state index in [9.17, 15) is 9.59 Å². The number of nitrogens with one attached hydrogen (secondary N) is 1. The van der Waals surface area contributed by atoms with Crippen molar-refractivity contribution in [2.24, 2.45) is 0 Å². The second kappa shape index (κ2) is 7.13. The molecule has 1 N–H and O–H groups in total. The summed E-state index contributed by atoms with van der Waals surface area (Å²) in [5.41, 5.74) is 0.964. The first-order valence-corrected chi connectivity index (χ1v) is 8.98. The Kier molecular flexibility index (Phi) is 5.88. The van der Waals surface area contributed by atoms with Gasteiger partial charge in [0.25, 0.3) is 0 Å². The molecule has 0 spiro atoms. The molecule has 0 aliphatic carbocycles. The van der Waals surface area contributed by atoms with Gasteiger partial charge in [-0.1, -0.05) is 34.8 Å². The van der Waals surface area contributed by atoms with Crippen LogP contribution in [0.3, 0.4) is 0 Å². The van der Waals surface area contributed by atoms with Gasteiger partial charge in [0.05, 0.1) is 11.0 Å². The Bertz CT molecular complexity index is 603. The minimum atomic E-state index is -1.63. The van der Waals surface area contributed by atoms with Gasteiger partial charge in [0.1, 0.15) is 11.6 Å². The van der Waals surface area contributed by atoms with E-state index in [1.807, 2.05) is 0 Å². The van der Waals surface area contributed by atoms with Gasteiger partial charge < -0.3 is 15.0 Å². The van der Waals surface area contributed by atoms with E-state index in [2.05, 4.69) is 21.2 Å². The largest absolute Gasteiger partial charge is 0.445 e. The van der Waals surface area contributed by atoms with Crippen molar-refractivity contribution in [1.29, 1.82) is 0 Å². The zero-order valence-corrected chi connectivity index (χ0v) is 16.1. The molecule has 1 aliphatic heterocycles. The lowest BCUT2D eigenvalue weighted by atomic mass is 10.1. The van der Waals surface area contributed by atoms with Gasteiger partial charge in [-0.15, -0.1) is 11.3 Å². The number of rotatable bonds is 2. The lowest BCUT2D eigenvalue weighted by Crippen LogP contribution is -2.37. The summed E-state index contributed by atoms with van der Waals surface area (Å²) < 4.78 is 4.15. The number of anilines is 1. The van der Waals surface area contributed by atoms with Crippen molar-refractivity contribution < 1.29 is 14.3 Å². The number of fused-ring (bicyclic) bond motifs is 1. The predicted octanol–water partition coefficient (Wildman–Crippen LogP) is 4.33. The van der Waals surface area contributed by atoms with Gasteiger partial charge >= 0.3 is 6.09 Å². The van der Waals surface area contributed by atoms with Gasteiger partial charge in [-0.2, -0.15) is 0 Å². The van der Waals surface area contributed by atoms with E-state index in [0.717, 1.165) is 19.9 Å². The van der Waals surface area contributed by atoms with Crippen LogP contribution in [0.25, 0.3) is 0 Å². The van der Waals surface area contributed by atoms with E-state index < -0.39 is 9.89 Å². The fourth-order valence-electron chi connectivity index (χ4n) is 1.99. The summed E-state index contributed by atoms with van der Waals surface area (Å²) in [5, 5.41) is 3.51. The summed E-state index contributed by atoms with van der Waals surface area (Å²) in [4.78, 5) is 25.8. The Balaban J connectivity index is 2.06. The number of amides is 2. The van der Waals surface area contributed by atoms with E-state index in [4.69, 9.17) is 39.5 Å². The van der Waals surface area contributed by atoms with Crippen LogP contribution in [0.5, 0.6) is 0 Å². The first-order valence-electron chi connectivity index (χ1n) is 6.23. The highest BCUT2D eigenvalue weighted by molar-refractivity contribution is 9.10. The average molecular weight is 451 g/mol. The Hall–Kier alpha value is -0.210. The fourth-order valence-corrected chi connectivity index (χ4v) is 4.12. The van der Waals surface area contributed by atoms with Crippen molar-refractivity contribution in [3.63, 3.8) is 0 Å². The molecule has 0 aromatic carbocycles. The van der Waals surface area contributed by atoms with E-state index in [-0.39, 0.29) is 12.5 Å². The Labute approximate surface area is 155 Å². The lowest BCUT2D eigenvalue weighted by molar-refractivity contribution is -0.114. The molecule has 0 bridgehead atoms. The summed E-state index contributed by atoms with van der Waals surface area (Å²) in [5.74, 6) is -0.141. The molecule has 0 saturated heterocycles. The first kappa shape index (κ1) is 18.1. The van der Waals surface area contributed by atoms with Crippen LogP contribution in [-0.4, -0.2) is 33.8 Å². The second-order valence-corrected chi connectivity index (χ2v) is 9.08. The van der Waals surface area contributed by atoms with Crippen molar-refractivity contribution in [3.8, 4) is 0 Å². The molecule has 0 saturated carbocycles. The van der Waals surface area contributed by atoms with Crippen LogP contribution in [0.4, 0.5) is 9.80 Å². The highest BCUT2D eigenvalue weighted by Crippen LogP contribution is 2.40. The van der Waals surface area contributed by atoms with E-state index in [1.54, 1.807) is 0 Å². The molecule has 1 aromatic rings. The fraction of sp³-hybridized carbons (Fsp3) is 0.500.